The summed E-state index contributed by atoms with van der Waals surface area (Å²) in [6.07, 6.45) is 1.72. The minimum Gasteiger partial charge on any atom is -0.494 e. The smallest absolute Gasteiger partial charge is 0.310 e. The standard InChI is InChI=1S/C23H26ClN3O3S/c1-4-29-17-10-8-15(9-11-17)18-14(3)31-21-19(18)20(25-23(24)26-21)27-12-6-7-16(13-27)22(28)30-5-2/h8-11,16H,4-7,12-13H2,1-3H3. The lowest BCUT2D eigenvalue weighted by atomic mass is 9.97. The molecule has 4 rings (SSSR count). The third-order valence-corrected chi connectivity index (χ3v) is 6.64. The fourth-order valence-electron chi connectivity index (χ4n) is 4.15. The van der Waals surface area contributed by atoms with Gasteiger partial charge in [0.15, 0.2) is 0 Å². The molecule has 1 unspecified atom stereocenters. The van der Waals surface area contributed by atoms with Crippen molar-refractivity contribution in [3.63, 3.8) is 0 Å². The van der Waals surface area contributed by atoms with Crippen LogP contribution in [0.4, 0.5) is 5.82 Å². The van der Waals surface area contributed by atoms with Crippen molar-refractivity contribution in [1.82, 2.24) is 9.97 Å². The molecule has 31 heavy (non-hydrogen) atoms. The lowest BCUT2D eigenvalue weighted by Gasteiger charge is -2.33. The Morgan fingerprint density at radius 1 is 1.23 bits per heavy atom. The second kappa shape index (κ2) is 9.40. The molecule has 6 nitrogen and oxygen atoms in total. The van der Waals surface area contributed by atoms with Gasteiger partial charge in [-0.05, 0) is 62.9 Å². The number of aryl methyl sites for hydroxylation is 1. The van der Waals surface area contributed by atoms with Crippen molar-refractivity contribution in [3.8, 4) is 16.9 Å². The number of esters is 1. The van der Waals surface area contributed by atoms with E-state index in [0.29, 0.717) is 19.8 Å². The Labute approximate surface area is 191 Å². The summed E-state index contributed by atoms with van der Waals surface area (Å²) in [4.78, 5) is 25.6. The molecule has 2 aromatic heterocycles. The molecular formula is C23H26ClN3O3S. The maximum atomic E-state index is 12.4. The number of benzene rings is 1. The number of anilines is 1. The average Bonchev–Trinajstić information content (AvgIpc) is 3.09. The molecule has 8 heteroatoms. The average molecular weight is 460 g/mol. The fourth-order valence-corrected chi connectivity index (χ4v) is 5.41. The summed E-state index contributed by atoms with van der Waals surface area (Å²) >= 11 is 7.91. The molecule has 0 saturated carbocycles. The van der Waals surface area contributed by atoms with Crippen LogP contribution in [0.15, 0.2) is 24.3 Å². The minimum atomic E-state index is -0.161. The third kappa shape index (κ3) is 4.48. The van der Waals surface area contributed by atoms with Crippen molar-refractivity contribution in [2.24, 2.45) is 5.92 Å². The molecular weight excluding hydrogens is 434 g/mol. The van der Waals surface area contributed by atoms with Crippen LogP contribution >= 0.6 is 22.9 Å². The SMILES string of the molecule is CCOC(=O)C1CCCN(c2nc(Cl)nc3sc(C)c(-c4ccc(OCC)cc4)c23)C1. The molecule has 0 bridgehead atoms. The van der Waals surface area contributed by atoms with Gasteiger partial charge in [-0.15, -0.1) is 11.3 Å². The number of halogens is 1. The highest BCUT2D eigenvalue weighted by Gasteiger charge is 2.30. The Balaban J connectivity index is 1.78. The van der Waals surface area contributed by atoms with E-state index in [0.717, 1.165) is 57.2 Å². The van der Waals surface area contributed by atoms with E-state index in [4.69, 9.17) is 21.1 Å². The molecule has 1 aromatic carbocycles. The van der Waals surface area contributed by atoms with Crippen LogP contribution in [0.25, 0.3) is 21.3 Å². The normalized spacial score (nSPS) is 16.5. The van der Waals surface area contributed by atoms with E-state index in [9.17, 15) is 4.79 Å². The predicted octanol–water partition coefficient (Wildman–Crippen LogP) is 5.50. The number of rotatable bonds is 6. The van der Waals surface area contributed by atoms with Gasteiger partial charge in [-0.3, -0.25) is 4.79 Å². The summed E-state index contributed by atoms with van der Waals surface area (Å²) in [5.41, 5.74) is 2.19. The Kier molecular flexibility index (Phi) is 6.62. The molecule has 0 N–H and O–H groups in total. The fraction of sp³-hybridized carbons (Fsp3) is 0.435. The second-order valence-electron chi connectivity index (χ2n) is 7.52. The largest absolute Gasteiger partial charge is 0.494 e. The number of carbonyl (C=O) groups is 1. The first-order valence-electron chi connectivity index (χ1n) is 10.6. The van der Waals surface area contributed by atoms with Gasteiger partial charge in [-0.25, -0.2) is 4.98 Å². The molecule has 164 valence electrons. The molecule has 1 saturated heterocycles. The molecule has 0 amide bonds. The van der Waals surface area contributed by atoms with Gasteiger partial charge in [0.05, 0.1) is 24.5 Å². The maximum absolute atomic E-state index is 12.4. The molecule has 1 aliphatic heterocycles. The van der Waals surface area contributed by atoms with E-state index >= 15 is 0 Å². The predicted molar refractivity (Wildman–Crippen MR) is 125 cm³/mol. The van der Waals surface area contributed by atoms with Gasteiger partial charge in [-0.1, -0.05) is 12.1 Å². The molecule has 0 aliphatic carbocycles. The first-order chi connectivity index (χ1) is 15.0. The van der Waals surface area contributed by atoms with Crippen molar-refractivity contribution in [2.45, 2.75) is 33.6 Å². The Bertz CT molecular complexity index is 1080. The van der Waals surface area contributed by atoms with E-state index in [1.165, 1.54) is 0 Å². The summed E-state index contributed by atoms with van der Waals surface area (Å²) in [6.45, 7) is 8.31. The number of hydrogen-bond donors (Lipinski definition) is 0. The van der Waals surface area contributed by atoms with Crippen LogP contribution in [0.2, 0.25) is 5.28 Å². The Morgan fingerprint density at radius 2 is 2.00 bits per heavy atom. The van der Waals surface area contributed by atoms with E-state index < -0.39 is 0 Å². The zero-order chi connectivity index (χ0) is 22.0. The minimum absolute atomic E-state index is 0.142. The summed E-state index contributed by atoms with van der Waals surface area (Å²) < 4.78 is 10.9. The third-order valence-electron chi connectivity index (χ3n) is 5.48. The van der Waals surface area contributed by atoms with Crippen LogP contribution < -0.4 is 9.64 Å². The van der Waals surface area contributed by atoms with E-state index in [1.807, 2.05) is 26.0 Å². The Hall–Kier alpha value is -2.38. The number of ether oxygens (including phenoxy) is 2. The van der Waals surface area contributed by atoms with Gasteiger partial charge < -0.3 is 14.4 Å². The molecule has 0 radical (unpaired) electrons. The van der Waals surface area contributed by atoms with Gasteiger partial charge in [0, 0.05) is 23.5 Å². The topological polar surface area (TPSA) is 64.5 Å². The van der Waals surface area contributed by atoms with Gasteiger partial charge >= 0.3 is 5.97 Å². The van der Waals surface area contributed by atoms with Crippen LogP contribution in [-0.2, 0) is 9.53 Å². The van der Waals surface area contributed by atoms with Crippen molar-refractivity contribution in [3.05, 3.63) is 34.4 Å². The summed E-state index contributed by atoms with van der Waals surface area (Å²) in [6, 6.07) is 8.09. The number of carbonyl (C=O) groups excluding carboxylic acids is 1. The molecule has 3 heterocycles. The number of hydrogen-bond acceptors (Lipinski definition) is 7. The summed E-state index contributed by atoms with van der Waals surface area (Å²) in [5, 5.41) is 1.21. The summed E-state index contributed by atoms with van der Waals surface area (Å²) in [5.74, 6) is 1.33. The van der Waals surface area contributed by atoms with E-state index in [2.05, 4.69) is 33.9 Å². The van der Waals surface area contributed by atoms with Crippen LogP contribution in [0, 0.1) is 12.8 Å². The van der Waals surface area contributed by atoms with Gasteiger partial charge in [0.25, 0.3) is 0 Å². The van der Waals surface area contributed by atoms with E-state index in [1.54, 1.807) is 11.3 Å². The summed E-state index contributed by atoms with van der Waals surface area (Å²) in [7, 11) is 0. The van der Waals surface area contributed by atoms with E-state index in [-0.39, 0.29) is 17.2 Å². The number of piperidine rings is 1. The number of nitrogens with zero attached hydrogens (tertiary/aromatic N) is 3. The van der Waals surface area contributed by atoms with Crippen LogP contribution in [-0.4, -0.2) is 42.2 Å². The van der Waals surface area contributed by atoms with Gasteiger partial charge in [-0.2, -0.15) is 4.98 Å². The first-order valence-corrected chi connectivity index (χ1v) is 11.8. The molecule has 1 fully saturated rings. The lowest BCUT2D eigenvalue weighted by molar-refractivity contribution is -0.148. The maximum Gasteiger partial charge on any atom is 0.310 e. The zero-order valence-corrected chi connectivity index (χ0v) is 19.6. The highest BCUT2D eigenvalue weighted by Crippen LogP contribution is 2.43. The van der Waals surface area contributed by atoms with Crippen molar-refractivity contribution >= 4 is 44.9 Å². The zero-order valence-electron chi connectivity index (χ0n) is 18.0. The van der Waals surface area contributed by atoms with Crippen LogP contribution in [0.3, 0.4) is 0 Å². The number of thiophene rings is 1. The van der Waals surface area contributed by atoms with Crippen molar-refractivity contribution < 1.29 is 14.3 Å². The highest BCUT2D eigenvalue weighted by atomic mass is 35.5. The van der Waals surface area contributed by atoms with Crippen LogP contribution in [0.1, 0.15) is 31.6 Å². The highest BCUT2D eigenvalue weighted by molar-refractivity contribution is 7.19. The van der Waals surface area contributed by atoms with Crippen molar-refractivity contribution in [2.75, 3.05) is 31.2 Å². The molecule has 3 aromatic rings. The lowest BCUT2D eigenvalue weighted by Crippen LogP contribution is -2.40. The Morgan fingerprint density at radius 3 is 2.71 bits per heavy atom. The van der Waals surface area contributed by atoms with Gasteiger partial charge in [0.1, 0.15) is 16.4 Å². The quantitative estimate of drug-likeness (QED) is 0.358. The number of aromatic nitrogens is 2. The first kappa shape index (κ1) is 21.8. The molecule has 1 aliphatic rings. The second-order valence-corrected chi connectivity index (χ2v) is 9.07. The number of fused-ring (bicyclic) bond motifs is 1. The molecule has 0 spiro atoms. The monoisotopic (exact) mass is 459 g/mol. The molecule has 1 atom stereocenters. The van der Waals surface area contributed by atoms with Crippen LogP contribution in [0.5, 0.6) is 5.75 Å². The van der Waals surface area contributed by atoms with Gasteiger partial charge in [0.2, 0.25) is 5.28 Å². The van der Waals surface area contributed by atoms with Crippen molar-refractivity contribution in [1.29, 1.82) is 0 Å².